The van der Waals surface area contributed by atoms with Gasteiger partial charge in [-0.2, -0.15) is 13.2 Å². The summed E-state index contributed by atoms with van der Waals surface area (Å²) in [6.45, 7) is 1.16. The lowest BCUT2D eigenvalue weighted by Crippen LogP contribution is -2.38. The van der Waals surface area contributed by atoms with Crippen LogP contribution in [0.15, 0.2) is 35.5 Å². The number of ether oxygens (including phenoxy) is 2. The molecule has 10 heteroatoms. The molecule has 0 unspecified atom stereocenters. The molecule has 1 amide bonds. The molecule has 170 valence electrons. The van der Waals surface area contributed by atoms with Gasteiger partial charge in [-0.1, -0.05) is 17.3 Å². The summed E-state index contributed by atoms with van der Waals surface area (Å²) < 4.78 is 51.2. The number of likely N-dealkylation sites (tertiary alicyclic amines) is 1. The van der Waals surface area contributed by atoms with E-state index in [0.717, 1.165) is 6.07 Å². The smallest absolute Gasteiger partial charge is 0.416 e. The van der Waals surface area contributed by atoms with Crippen molar-refractivity contribution in [3.05, 3.63) is 47.0 Å². The maximum absolute atomic E-state index is 13.4. The highest BCUT2D eigenvalue weighted by atomic mass is 19.4. The van der Waals surface area contributed by atoms with Crippen LogP contribution in [0.25, 0.3) is 11.1 Å². The van der Waals surface area contributed by atoms with Crippen LogP contribution in [0.4, 0.5) is 13.2 Å². The number of aliphatic hydroxyl groups is 1. The van der Waals surface area contributed by atoms with Gasteiger partial charge in [0.25, 0.3) is 5.91 Å². The van der Waals surface area contributed by atoms with E-state index in [1.54, 1.807) is 12.1 Å². The average Bonchev–Trinajstić information content (AvgIpc) is 3.39. The van der Waals surface area contributed by atoms with Crippen molar-refractivity contribution in [1.82, 2.24) is 4.90 Å². The zero-order chi connectivity index (χ0) is 23.0. The third-order valence-electron chi connectivity index (χ3n) is 5.64. The predicted molar refractivity (Wildman–Crippen MR) is 109 cm³/mol. The highest BCUT2D eigenvalue weighted by Crippen LogP contribution is 2.46. The zero-order valence-corrected chi connectivity index (χ0v) is 17.4. The zero-order valence-electron chi connectivity index (χ0n) is 17.4. The van der Waals surface area contributed by atoms with Crippen molar-refractivity contribution in [1.29, 1.82) is 0 Å². The molecule has 0 bridgehead atoms. The highest BCUT2D eigenvalue weighted by Gasteiger charge is 2.37. The van der Waals surface area contributed by atoms with Crippen LogP contribution in [-0.2, 0) is 11.0 Å². The molecule has 0 saturated carbocycles. The van der Waals surface area contributed by atoms with E-state index in [-0.39, 0.29) is 42.6 Å². The summed E-state index contributed by atoms with van der Waals surface area (Å²) in [6.07, 6.45) is -4.12. The normalized spacial score (nSPS) is 19.0. The Kier molecular flexibility index (Phi) is 5.72. The minimum atomic E-state index is -4.49. The molecule has 2 aliphatic rings. The predicted octanol–water partition coefficient (Wildman–Crippen LogP) is 3.62. The first-order chi connectivity index (χ1) is 15.3. The molecular formula is C22H21F3N2O5. The van der Waals surface area contributed by atoms with Gasteiger partial charge in [0.05, 0.1) is 36.0 Å². The summed E-state index contributed by atoms with van der Waals surface area (Å²) >= 11 is 0. The molecule has 1 N–H and O–H groups in total. The Balaban J connectivity index is 1.75. The van der Waals surface area contributed by atoms with Crippen LogP contribution in [-0.4, -0.2) is 54.7 Å². The van der Waals surface area contributed by atoms with Crippen LogP contribution >= 0.6 is 0 Å². The van der Waals surface area contributed by atoms with Crippen molar-refractivity contribution in [2.45, 2.75) is 25.6 Å². The van der Waals surface area contributed by atoms with Crippen molar-refractivity contribution in [2.75, 3.05) is 27.1 Å². The molecule has 0 aliphatic carbocycles. The van der Waals surface area contributed by atoms with Crippen LogP contribution in [0.2, 0.25) is 0 Å². The van der Waals surface area contributed by atoms with Crippen LogP contribution in [0, 0.1) is 6.92 Å². The summed E-state index contributed by atoms with van der Waals surface area (Å²) in [7, 11) is 1.40. The Morgan fingerprint density at radius 3 is 2.66 bits per heavy atom. The number of benzene rings is 2. The lowest BCUT2D eigenvalue weighted by Gasteiger charge is -2.23. The third kappa shape index (κ3) is 3.75. The fourth-order valence-electron chi connectivity index (χ4n) is 4.13. The van der Waals surface area contributed by atoms with Gasteiger partial charge in [-0.05, 0) is 36.2 Å². The quantitative estimate of drug-likeness (QED) is 0.720. The van der Waals surface area contributed by atoms with Gasteiger partial charge in [0, 0.05) is 12.0 Å². The van der Waals surface area contributed by atoms with Gasteiger partial charge in [0.2, 0.25) is 6.79 Å². The number of nitrogens with zero attached hydrogens (tertiary/aromatic N) is 2. The number of hydrogen-bond donors (Lipinski definition) is 1. The fraction of sp³-hybridized carbons (Fsp3) is 0.364. The molecule has 2 aromatic carbocycles. The topological polar surface area (TPSA) is 80.6 Å². The Labute approximate surface area is 182 Å². The van der Waals surface area contributed by atoms with Crippen molar-refractivity contribution in [3.8, 4) is 22.6 Å². The maximum atomic E-state index is 13.4. The van der Waals surface area contributed by atoms with Crippen molar-refractivity contribution in [2.24, 2.45) is 5.16 Å². The van der Waals surface area contributed by atoms with E-state index < -0.39 is 23.7 Å². The molecule has 0 aromatic heterocycles. The Morgan fingerprint density at radius 1 is 1.22 bits per heavy atom. The Bertz CT molecular complexity index is 1080. The number of carbonyl (C=O) groups excluding carboxylic acids is 1. The number of carbonyl (C=O) groups is 1. The first-order valence-electron chi connectivity index (χ1n) is 9.86. The van der Waals surface area contributed by atoms with Crippen LogP contribution in [0.5, 0.6) is 11.5 Å². The Morgan fingerprint density at radius 2 is 1.97 bits per heavy atom. The molecule has 0 spiro atoms. The van der Waals surface area contributed by atoms with Gasteiger partial charge >= 0.3 is 6.18 Å². The number of alkyl halides is 3. The molecule has 7 nitrogen and oxygen atoms in total. The van der Waals surface area contributed by atoms with E-state index in [2.05, 4.69) is 5.16 Å². The first-order valence-corrected chi connectivity index (χ1v) is 9.86. The second kappa shape index (κ2) is 8.34. The molecule has 32 heavy (non-hydrogen) atoms. The molecule has 1 fully saturated rings. The van der Waals surface area contributed by atoms with E-state index in [4.69, 9.17) is 14.3 Å². The number of fused-ring (bicyclic) bond motifs is 1. The SMILES string of the molecule is CO/N=C1/C[C@@H](CO)N(C(=O)c2ccc(-c3cccc(C(F)(F)F)c3C)c3c2OCO3)C1. The van der Waals surface area contributed by atoms with Gasteiger partial charge in [0.1, 0.15) is 7.11 Å². The van der Waals surface area contributed by atoms with Gasteiger partial charge in [-0.3, -0.25) is 4.79 Å². The van der Waals surface area contributed by atoms with E-state index in [0.29, 0.717) is 23.3 Å². The second-order valence-corrected chi connectivity index (χ2v) is 7.52. The number of rotatable bonds is 4. The van der Waals surface area contributed by atoms with Crippen LogP contribution in [0.1, 0.15) is 27.9 Å². The van der Waals surface area contributed by atoms with E-state index in [1.807, 2.05) is 0 Å². The van der Waals surface area contributed by atoms with Gasteiger partial charge in [0.15, 0.2) is 11.5 Å². The number of aliphatic hydroxyl groups excluding tert-OH is 1. The van der Waals surface area contributed by atoms with Gasteiger partial charge in [-0.15, -0.1) is 0 Å². The summed E-state index contributed by atoms with van der Waals surface area (Å²) in [6, 6.07) is 6.51. The summed E-state index contributed by atoms with van der Waals surface area (Å²) in [4.78, 5) is 19.5. The van der Waals surface area contributed by atoms with E-state index >= 15 is 0 Å². The third-order valence-corrected chi connectivity index (χ3v) is 5.64. The summed E-state index contributed by atoms with van der Waals surface area (Å²) in [5.74, 6) is -0.0265. The second-order valence-electron chi connectivity index (χ2n) is 7.52. The molecule has 2 aliphatic heterocycles. The molecule has 1 atom stereocenters. The fourth-order valence-corrected chi connectivity index (χ4v) is 4.13. The molecule has 0 radical (unpaired) electrons. The highest BCUT2D eigenvalue weighted by molar-refractivity contribution is 6.03. The van der Waals surface area contributed by atoms with Gasteiger partial charge < -0.3 is 24.3 Å². The summed E-state index contributed by atoms with van der Waals surface area (Å²) in [5, 5.41) is 13.6. The lowest BCUT2D eigenvalue weighted by atomic mass is 9.94. The summed E-state index contributed by atoms with van der Waals surface area (Å²) in [5.41, 5.74) is 0.865. The number of hydrogen-bond acceptors (Lipinski definition) is 6. The standard InChI is InChI=1S/C22H21F3N2O5/c1-12-15(4-3-5-18(12)22(23,24)25)16-6-7-17(20-19(16)31-11-32-20)21(29)27-9-13(26-30-2)8-14(27)10-28/h3-7,14,28H,8-11H2,1-2H3/b26-13-/t14-/m0/s1. The minimum Gasteiger partial charge on any atom is -0.453 e. The average molecular weight is 450 g/mol. The van der Waals surface area contributed by atoms with E-state index in [1.165, 1.54) is 31.1 Å². The Hall–Kier alpha value is -3.27. The largest absolute Gasteiger partial charge is 0.453 e. The molecule has 4 rings (SSSR count). The molecule has 2 heterocycles. The van der Waals surface area contributed by atoms with Crippen LogP contribution < -0.4 is 9.47 Å². The number of amides is 1. The minimum absolute atomic E-state index is 0.0529. The molecule has 1 saturated heterocycles. The van der Waals surface area contributed by atoms with Crippen molar-refractivity contribution >= 4 is 11.6 Å². The van der Waals surface area contributed by atoms with E-state index in [9.17, 15) is 23.1 Å². The van der Waals surface area contributed by atoms with Gasteiger partial charge in [-0.25, -0.2) is 0 Å². The number of halogens is 3. The molecule has 2 aromatic rings. The monoisotopic (exact) mass is 450 g/mol. The van der Waals surface area contributed by atoms with Crippen molar-refractivity contribution in [3.63, 3.8) is 0 Å². The lowest BCUT2D eigenvalue weighted by molar-refractivity contribution is -0.138. The number of oxime groups is 1. The van der Waals surface area contributed by atoms with Crippen molar-refractivity contribution < 1.29 is 37.4 Å². The molecular weight excluding hydrogens is 429 g/mol. The first kappa shape index (κ1) is 21.9. The maximum Gasteiger partial charge on any atom is 0.416 e. The van der Waals surface area contributed by atoms with Crippen LogP contribution in [0.3, 0.4) is 0 Å².